The molecule has 3 saturated carbocycles. The second-order valence-corrected chi connectivity index (χ2v) is 8.71. The summed E-state index contributed by atoms with van der Waals surface area (Å²) in [5.41, 5.74) is 0.749. The van der Waals surface area contributed by atoms with Crippen molar-refractivity contribution < 1.29 is 9.32 Å². The minimum atomic E-state index is 0.105. The second-order valence-electron chi connectivity index (χ2n) is 8.71. The summed E-state index contributed by atoms with van der Waals surface area (Å²) in [4.78, 5) is 23.2. The summed E-state index contributed by atoms with van der Waals surface area (Å²) in [5, 5.41) is 8.30. The van der Waals surface area contributed by atoms with E-state index in [1.54, 1.807) is 11.7 Å². The normalized spacial score (nSPS) is 30.8. The summed E-state index contributed by atoms with van der Waals surface area (Å²) in [6, 6.07) is 0. The van der Waals surface area contributed by atoms with Gasteiger partial charge in [-0.05, 0) is 37.5 Å². The van der Waals surface area contributed by atoms with Crippen LogP contribution in [0, 0.1) is 5.41 Å². The third-order valence-corrected chi connectivity index (χ3v) is 6.52. The first-order valence-electron chi connectivity index (χ1n) is 9.41. The van der Waals surface area contributed by atoms with Crippen molar-refractivity contribution >= 4 is 5.91 Å². The van der Waals surface area contributed by atoms with Gasteiger partial charge >= 0.3 is 0 Å². The first-order chi connectivity index (χ1) is 12.5. The van der Waals surface area contributed by atoms with E-state index in [0.717, 1.165) is 37.6 Å². The summed E-state index contributed by atoms with van der Waals surface area (Å²) in [7, 11) is 1.81. The Hall–Kier alpha value is -2.25. The molecule has 3 aliphatic carbocycles. The zero-order valence-corrected chi connectivity index (χ0v) is 15.3. The number of rotatable bonds is 4. The zero-order valence-electron chi connectivity index (χ0n) is 15.3. The molecule has 4 aliphatic rings. The Labute approximate surface area is 152 Å². The van der Waals surface area contributed by atoms with E-state index in [1.165, 1.54) is 25.6 Å². The number of hydrogen-bond acceptors (Lipinski definition) is 6. The Balaban J connectivity index is 1.18. The zero-order chi connectivity index (χ0) is 17.9. The summed E-state index contributed by atoms with van der Waals surface area (Å²) in [6.07, 6.45) is 7.13. The number of carbonyl (C=O) groups is 1. The van der Waals surface area contributed by atoms with Gasteiger partial charge in [0.2, 0.25) is 11.8 Å². The van der Waals surface area contributed by atoms with Crippen LogP contribution < -0.4 is 0 Å². The van der Waals surface area contributed by atoms with Crippen molar-refractivity contribution in [2.24, 2.45) is 12.5 Å². The van der Waals surface area contributed by atoms with E-state index < -0.39 is 0 Å². The van der Waals surface area contributed by atoms with Crippen LogP contribution in [-0.4, -0.2) is 48.8 Å². The van der Waals surface area contributed by atoms with Crippen LogP contribution in [0.5, 0.6) is 0 Å². The molecule has 3 heterocycles. The van der Waals surface area contributed by atoms with Crippen LogP contribution >= 0.6 is 0 Å². The van der Waals surface area contributed by atoms with Gasteiger partial charge in [-0.25, -0.2) is 4.98 Å². The Morgan fingerprint density at radius 3 is 2.65 bits per heavy atom. The Kier molecular flexibility index (Phi) is 3.30. The number of carbonyl (C=O) groups excluding carboxylic acids is 1. The molecule has 0 unspecified atom stereocenters. The average Bonchev–Trinajstić information content (AvgIpc) is 3.21. The van der Waals surface area contributed by atoms with Crippen LogP contribution in [0.2, 0.25) is 0 Å². The van der Waals surface area contributed by atoms with Crippen molar-refractivity contribution in [2.45, 2.75) is 56.8 Å². The van der Waals surface area contributed by atoms with Crippen LogP contribution in [0.4, 0.5) is 0 Å². The van der Waals surface area contributed by atoms with Gasteiger partial charge in [-0.2, -0.15) is 10.1 Å². The highest BCUT2D eigenvalue weighted by molar-refractivity contribution is 5.78. The molecule has 0 N–H and O–H groups in total. The standard InChI is InChI=1S/C18H24N6O2/c1-17-8-18(9-17,10-17)16-21-15(26-22-16)12-3-5-24(6-4-12)14(25)7-13-19-11-20-23(13)2/h11-12H,3-10H2,1-2H3. The van der Waals surface area contributed by atoms with Gasteiger partial charge in [0, 0.05) is 31.5 Å². The largest absolute Gasteiger partial charge is 0.342 e. The maximum atomic E-state index is 12.5. The highest BCUT2D eigenvalue weighted by Gasteiger charge is 2.67. The lowest BCUT2D eigenvalue weighted by Crippen LogP contribution is -2.63. The van der Waals surface area contributed by atoms with Crippen LogP contribution in [0.1, 0.15) is 62.5 Å². The van der Waals surface area contributed by atoms with Crippen LogP contribution in [0.3, 0.4) is 0 Å². The van der Waals surface area contributed by atoms with E-state index >= 15 is 0 Å². The number of likely N-dealkylation sites (tertiary alicyclic amines) is 1. The van der Waals surface area contributed by atoms with Crippen molar-refractivity contribution in [3.05, 3.63) is 23.9 Å². The fourth-order valence-corrected chi connectivity index (χ4v) is 5.25. The molecule has 2 aromatic rings. The molecule has 1 amide bonds. The summed E-state index contributed by atoms with van der Waals surface area (Å²) < 4.78 is 7.24. The molecule has 8 nitrogen and oxygen atoms in total. The van der Waals surface area contributed by atoms with Gasteiger partial charge in [0.25, 0.3) is 0 Å². The maximum absolute atomic E-state index is 12.5. The molecule has 1 saturated heterocycles. The third-order valence-electron chi connectivity index (χ3n) is 6.52. The predicted octanol–water partition coefficient (Wildman–Crippen LogP) is 1.59. The summed E-state index contributed by atoms with van der Waals surface area (Å²) in [6.45, 7) is 3.79. The van der Waals surface area contributed by atoms with Crippen molar-refractivity contribution in [2.75, 3.05) is 13.1 Å². The molecule has 0 radical (unpaired) electrons. The lowest BCUT2D eigenvalue weighted by Gasteiger charge is -2.68. The predicted molar refractivity (Wildman–Crippen MR) is 91.2 cm³/mol. The van der Waals surface area contributed by atoms with Crippen LogP contribution in [0.15, 0.2) is 10.9 Å². The highest BCUT2D eigenvalue weighted by Crippen LogP contribution is 2.72. The van der Waals surface area contributed by atoms with Crippen molar-refractivity contribution in [3.8, 4) is 0 Å². The Morgan fingerprint density at radius 1 is 1.31 bits per heavy atom. The first kappa shape index (κ1) is 16.0. The first-order valence-corrected chi connectivity index (χ1v) is 9.41. The number of nitrogens with zero attached hydrogens (tertiary/aromatic N) is 6. The lowest BCUT2D eigenvalue weighted by molar-refractivity contribution is -0.132. The van der Waals surface area contributed by atoms with E-state index in [9.17, 15) is 4.79 Å². The minimum Gasteiger partial charge on any atom is -0.342 e. The quantitative estimate of drug-likeness (QED) is 0.826. The molecule has 138 valence electrons. The summed E-state index contributed by atoms with van der Waals surface area (Å²) in [5.74, 6) is 2.74. The fraction of sp³-hybridized carbons (Fsp3) is 0.722. The molecule has 0 spiro atoms. The molecule has 6 rings (SSSR count). The van der Waals surface area contributed by atoms with E-state index in [4.69, 9.17) is 9.51 Å². The molecule has 0 atom stereocenters. The van der Waals surface area contributed by atoms with Crippen molar-refractivity contribution in [1.82, 2.24) is 29.8 Å². The van der Waals surface area contributed by atoms with Gasteiger partial charge in [-0.15, -0.1) is 0 Å². The number of amides is 1. The van der Waals surface area contributed by atoms with E-state index in [-0.39, 0.29) is 17.2 Å². The van der Waals surface area contributed by atoms with E-state index in [2.05, 4.69) is 22.2 Å². The van der Waals surface area contributed by atoms with E-state index in [1.807, 2.05) is 4.90 Å². The van der Waals surface area contributed by atoms with Crippen molar-refractivity contribution in [3.63, 3.8) is 0 Å². The monoisotopic (exact) mass is 356 g/mol. The van der Waals surface area contributed by atoms with Gasteiger partial charge in [0.05, 0.1) is 6.42 Å². The molecular weight excluding hydrogens is 332 g/mol. The van der Waals surface area contributed by atoms with Crippen LogP contribution in [0.25, 0.3) is 0 Å². The maximum Gasteiger partial charge on any atom is 0.230 e. The number of piperidine rings is 1. The van der Waals surface area contributed by atoms with Gasteiger partial charge in [0.15, 0.2) is 5.82 Å². The molecule has 2 aromatic heterocycles. The molecule has 26 heavy (non-hydrogen) atoms. The Bertz CT molecular complexity index is 828. The van der Waals surface area contributed by atoms with Gasteiger partial charge in [-0.3, -0.25) is 9.48 Å². The number of hydrogen-bond donors (Lipinski definition) is 0. The molecule has 4 fully saturated rings. The summed E-state index contributed by atoms with van der Waals surface area (Å²) >= 11 is 0. The molecule has 1 aliphatic heterocycles. The Morgan fingerprint density at radius 2 is 2.04 bits per heavy atom. The molecule has 2 bridgehead atoms. The second kappa shape index (κ2) is 5.37. The molecular formula is C18H24N6O2. The highest BCUT2D eigenvalue weighted by atomic mass is 16.5. The van der Waals surface area contributed by atoms with Crippen LogP contribution in [-0.2, 0) is 23.7 Å². The third kappa shape index (κ3) is 2.38. The van der Waals surface area contributed by atoms with E-state index in [0.29, 0.717) is 17.7 Å². The van der Waals surface area contributed by atoms with Gasteiger partial charge in [0.1, 0.15) is 12.2 Å². The lowest BCUT2D eigenvalue weighted by atomic mass is 9.36. The van der Waals surface area contributed by atoms with Crippen molar-refractivity contribution in [1.29, 1.82) is 0 Å². The number of aromatic nitrogens is 5. The fourth-order valence-electron chi connectivity index (χ4n) is 5.25. The van der Waals surface area contributed by atoms with Gasteiger partial charge in [-0.1, -0.05) is 12.1 Å². The average molecular weight is 356 g/mol. The SMILES string of the molecule is Cn1ncnc1CC(=O)N1CCC(c2nc(C34CC(C)(C3)C4)no2)CC1. The molecule has 0 aromatic carbocycles. The topological polar surface area (TPSA) is 89.9 Å². The molecule has 8 heteroatoms. The number of aryl methyl sites for hydroxylation is 1. The minimum absolute atomic E-state index is 0.105. The van der Waals surface area contributed by atoms with Gasteiger partial charge < -0.3 is 9.42 Å². The smallest absolute Gasteiger partial charge is 0.230 e.